The molecular weight excluding hydrogens is 336 g/mol. The molecular formula is C15H18N2O4S2. The highest BCUT2D eigenvalue weighted by Gasteiger charge is 2.29. The Morgan fingerprint density at radius 2 is 2.17 bits per heavy atom. The molecule has 0 aliphatic rings. The van der Waals surface area contributed by atoms with Crippen molar-refractivity contribution in [3.8, 4) is 0 Å². The van der Waals surface area contributed by atoms with E-state index in [1.54, 1.807) is 6.92 Å². The summed E-state index contributed by atoms with van der Waals surface area (Å²) in [5.74, 6) is -1.04. The van der Waals surface area contributed by atoms with E-state index in [4.69, 9.17) is 9.84 Å². The third kappa shape index (κ3) is 5.19. The highest BCUT2D eigenvalue weighted by Crippen LogP contribution is 2.29. The van der Waals surface area contributed by atoms with Gasteiger partial charge in [-0.2, -0.15) is 0 Å². The minimum absolute atomic E-state index is 0.136. The Labute approximate surface area is 142 Å². The SMILES string of the molecule is COCC(C)(CC(=O)O)NC(=O)CSc1nc2ccccc2s1. The van der Waals surface area contributed by atoms with Crippen molar-refractivity contribution in [2.24, 2.45) is 0 Å². The number of thiazole rings is 1. The van der Waals surface area contributed by atoms with E-state index in [0.29, 0.717) is 0 Å². The predicted molar refractivity (Wildman–Crippen MR) is 91.0 cm³/mol. The van der Waals surface area contributed by atoms with Crippen LogP contribution in [0, 0.1) is 0 Å². The number of aromatic nitrogens is 1. The third-order valence-electron chi connectivity index (χ3n) is 3.05. The Bertz CT molecular complexity index is 671. The zero-order valence-electron chi connectivity index (χ0n) is 12.9. The van der Waals surface area contributed by atoms with E-state index in [0.717, 1.165) is 14.6 Å². The van der Waals surface area contributed by atoms with Gasteiger partial charge in [0.1, 0.15) is 0 Å². The van der Waals surface area contributed by atoms with Gasteiger partial charge >= 0.3 is 5.97 Å². The molecule has 0 bridgehead atoms. The lowest BCUT2D eigenvalue weighted by Crippen LogP contribution is -2.51. The number of hydrogen-bond donors (Lipinski definition) is 2. The number of methoxy groups -OCH3 is 1. The summed E-state index contributed by atoms with van der Waals surface area (Å²) in [5.41, 5.74) is -0.0123. The first kappa shape index (κ1) is 17.7. The van der Waals surface area contributed by atoms with Gasteiger partial charge in [0, 0.05) is 7.11 Å². The van der Waals surface area contributed by atoms with Crippen molar-refractivity contribution in [2.45, 2.75) is 23.2 Å². The second-order valence-electron chi connectivity index (χ2n) is 5.35. The fraction of sp³-hybridized carbons (Fsp3) is 0.400. The van der Waals surface area contributed by atoms with Gasteiger partial charge in [-0.05, 0) is 19.1 Å². The first-order valence-corrected chi connectivity index (χ1v) is 8.72. The molecule has 0 radical (unpaired) electrons. The highest BCUT2D eigenvalue weighted by atomic mass is 32.2. The van der Waals surface area contributed by atoms with E-state index >= 15 is 0 Å². The van der Waals surface area contributed by atoms with Gasteiger partial charge in [-0.1, -0.05) is 23.9 Å². The number of amides is 1. The molecule has 2 rings (SSSR count). The van der Waals surface area contributed by atoms with Gasteiger partial charge in [0.2, 0.25) is 5.91 Å². The van der Waals surface area contributed by atoms with Crippen LogP contribution in [0.1, 0.15) is 13.3 Å². The first-order valence-electron chi connectivity index (χ1n) is 6.92. The molecule has 0 saturated carbocycles. The number of carbonyl (C=O) groups excluding carboxylic acids is 1. The maximum Gasteiger partial charge on any atom is 0.305 e. The lowest BCUT2D eigenvalue weighted by atomic mass is 9.99. The molecule has 2 N–H and O–H groups in total. The van der Waals surface area contributed by atoms with Crippen molar-refractivity contribution in [1.29, 1.82) is 0 Å². The van der Waals surface area contributed by atoms with Gasteiger partial charge in [0.05, 0.1) is 34.5 Å². The molecule has 0 saturated heterocycles. The van der Waals surface area contributed by atoms with E-state index in [-0.39, 0.29) is 24.7 Å². The second-order valence-corrected chi connectivity index (χ2v) is 7.60. The Hall–Kier alpha value is -1.64. The van der Waals surface area contributed by atoms with Crippen molar-refractivity contribution in [3.05, 3.63) is 24.3 Å². The molecule has 124 valence electrons. The smallest absolute Gasteiger partial charge is 0.305 e. The summed E-state index contributed by atoms with van der Waals surface area (Å²) in [7, 11) is 1.47. The standard InChI is InChI=1S/C15H18N2O4S2/c1-15(9-21-2,7-13(19)20)17-12(18)8-22-14-16-10-5-3-4-6-11(10)23-14/h3-6H,7-9H2,1-2H3,(H,17,18)(H,19,20). The number of nitrogens with one attached hydrogen (secondary N) is 1. The summed E-state index contributed by atoms with van der Waals surface area (Å²) in [5, 5.41) is 11.7. The molecule has 1 amide bonds. The largest absolute Gasteiger partial charge is 0.481 e. The molecule has 0 aliphatic carbocycles. The van der Waals surface area contributed by atoms with Crippen LogP contribution in [0.25, 0.3) is 10.2 Å². The summed E-state index contributed by atoms with van der Waals surface area (Å²) < 4.78 is 6.90. The summed E-state index contributed by atoms with van der Waals surface area (Å²) in [6.07, 6.45) is -0.196. The average Bonchev–Trinajstić information content (AvgIpc) is 2.87. The number of para-hydroxylation sites is 1. The highest BCUT2D eigenvalue weighted by molar-refractivity contribution is 8.01. The van der Waals surface area contributed by atoms with Crippen LogP contribution in [0.5, 0.6) is 0 Å². The van der Waals surface area contributed by atoms with Gasteiger partial charge in [-0.25, -0.2) is 4.98 Å². The van der Waals surface area contributed by atoms with E-state index < -0.39 is 11.5 Å². The number of carboxylic acid groups (broad SMARTS) is 1. The molecule has 1 aromatic heterocycles. The van der Waals surface area contributed by atoms with Crippen LogP contribution in [-0.2, 0) is 14.3 Å². The van der Waals surface area contributed by atoms with Crippen molar-refractivity contribution in [2.75, 3.05) is 19.5 Å². The number of hydrogen-bond acceptors (Lipinski definition) is 6. The normalized spacial score (nSPS) is 13.7. The maximum absolute atomic E-state index is 12.1. The topological polar surface area (TPSA) is 88.5 Å². The van der Waals surface area contributed by atoms with Gasteiger partial charge < -0.3 is 15.2 Å². The number of fused-ring (bicyclic) bond motifs is 1. The number of ether oxygens (including phenoxy) is 1. The molecule has 23 heavy (non-hydrogen) atoms. The van der Waals surface area contributed by atoms with Crippen molar-refractivity contribution in [3.63, 3.8) is 0 Å². The van der Waals surface area contributed by atoms with E-state index in [2.05, 4.69) is 10.3 Å². The number of benzene rings is 1. The molecule has 1 aromatic carbocycles. The van der Waals surface area contributed by atoms with E-state index in [1.165, 1.54) is 30.2 Å². The number of carbonyl (C=O) groups is 2. The van der Waals surface area contributed by atoms with Crippen LogP contribution in [0.3, 0.4) is 0 Å². The molecule has 6 nitrogen and oxygen atoms in total. The van der Waals surface area contributed by atoms with Crippen LogP contribution >= 0.6 is 23.1 Å². The maximum atomic E-state index is 12.1. The van der Waals surface area contributed by atoms with Crippen LogP contribution in [0.4, 0.5) is 0 Å². The minimum atomic E-state index is -0.983. The van der Waals surface area contributed by atoms with Crippen molar-refractivity contribution < 1.29 is 19.4 Å². The van der Waals surface area contributed by atoms with Crippen molar-refractivity contribution in [1.82, 2.24) is 10.3 Å². The van der Waals surface area contributed by atoms with Crippen LogP contribution in [0.15, 0.2) is 28.6 Å². The monoisotopic (exact) mass is 354 g/mol. The Kier molecular flexibility index (Phi) is 5.97. The number of rotatable bonds is 8. The Morgan fingerprint density at radius 3 is 2.83 bits per heavy atom. The number of carboxylic acids is 1. The fourth-order valence-electron chi connectivity index (χ4n) is 2.20. The van der Waals surface area contributed by atoms with Crippen LogP contribution in [0.2, 0.25) is 0 Å². The van der Waals surface area contributed by atoms with Gasteiger partial charge in [0.25, 0.3) is 0 Å². The summed E-state index contributed by atoms with van der Waals surface area (Å²) in [6, 6.07) is 7.78. The number of nitrogens with zero attached hydrogens (tertiary/aromatic N) is 1. The second kappa shape index (κ2) is 7.76. The zero-order chi connectivity index (χ0) is 16.9. The molecule has 2 aromatic rings. The number of thioether (sulfide) groups is 1. The molecule has 0 fully saturated rings. The van der Waals surface area contributed by atoms with Gasteiger partial charge in [-0.3, -0.25) is 9.59 Å². The first-order chi connectivity index (χ1) is 10.9. The molecule has 1 heterocycles. The zero-order valence-corrected chi connectivity index (χ0v) is 14.5. The molecule has 0 spiro atoms. The predicted octanol–water partition coefficient (Wildman–Crippen LogP) is 2.38. The molecule has 0 aliphatic heterocycles. The molecule has 1 unspecified atom stereocenters. The average molecular weight is 354 g/mol. The van der Waals surface area contributed by atoms with Gasteiger partial charge in [-0.15, -0.1) is 11.3 Å². The number of aliphatic carboxylic acids is 1. The van der Waals surface area contributed by atoms with Gasteiger partial charge in [0.15, 0.2) is 4.34 Å². The Morgan fingerprint density at radius 1 is 1.43 bits per heavy atom. The van der Waals surface area contributed by atoms with E-state index in [1.807, 2.05) is 24.3 Å². The molecule has 8 heteroatoms. The summed E-state index contributed by atoms with van der Waals surface area (Å²) >= 11 is 2.87. The quantitative estimate of drug-likeness (QED) is 0.708. The van der Waals surface area contributed by atoms with Crippen LogP contribution in [-0.4, -0.2) is 47.0 Å². The Balaban J connectivity index is 1.94. The minimum Gasteiger partial charge on any atom is -0.481 e. The fourth-order valence-corrected chi connectivity index (χ4v) is 4.06. The van der Waals surface area contributed by atoms with Crippen molar-refractivity contribution >= 4 is 45.2 Å². The summed E-state index contributed by atoms with van der Waals surface area (Å²) in [4.78, 5) is 27.5. The van der Waals surface area contributed by atoms with Crippen LogP contribution < -0.4 is 5.32 Å². The lowest BCUT2D eigenvalue weighted by Gasteiger charge is -2.28. The third-order valence-corrected chi connectivity index (χ3v) is 5.23. The molecule has 1 atom stereocenters. The summed E-state index contributed by atoms with van der Waals surface area (Å²) in [6.45, 7) is 1.79. The lowest BCUT2D eigenvalue weighted by molar-refractivity contribution is -0.139. The van der Waals surface area contributed by atoms with E-state index in [9.17, 15) is 9.59 Å².